The van der Waals surface area contributed by atoms with Gasteiger partial charge < -0.3 is 9.16 Å². The Balaban J connectivity index is 2.26. The first-order chi connectivity index (χ1) is 12.4. The van der Waals surface area contributed by atoms with Crippen molar-refractivity contribution in [1.29, 1.82) is 0 Å². The molecule has 0 aromatic heterocycles. The van der Waals surface area contributed by atoms with Gasteiger partial charge >= 0.3 is 0 Å². The zero-order valence-corrected chi connectivity index (χ0v) is 19.6. The number of fused-ring (bicyclic) bond motifs is 1. The Labute approximate surface area is 166 Å². The van der Waals surface area contributed by atoms with Gasteiger partial charge in [0.15, 0.2) is 5.60 Å². The Kier molecular flexibility index (Phi) is 5.08. The van der Waals surface area contributed by atoms with E-state index in [0.29, 0.717) is 6.61 Å². The number of hydrogen-bond acceptors (Lipinski definition) is 4. The molecule has 0 amide bonds. The Morgan fingerprint density at radius 1 is 1.11 bits per heavy atom. The summed E-state index contributed by atoms with van der Waals surface area (Å²) >= 11 is 0. The van der Waals surface area contributed by atoms with Crippen molar-refractivity contribution in [3.05, 3.63) is 29.3 Å². The highest BCUT2D eigenvalue weighted by Crippen LogP contribution is 2.66. The number of rotatable bonds is 4. The summed E-state index contributed by atoms with van der Waals surface area (Å²) in [5, 5.41) is 0. The van der Waals surface area contributed by atoms with E-state index < -0.39 is 20.4 Å². The summed E-state index contributed by atoms with van der Waals surface area (Å²) in [6.45, 7) is 20.6. The smallest absolute Gasteiger partial charge is 0.264 e. The predicted octanol–water partition coefficient (Wildman–Crippen LogP) is 5.30. The van der Waals surface area contributed by atoms with Crippen LogP contribution in [0.1, 0.15) is 66.0 Å². The molecule has 152 valence electrons. The Bertz CT molecular complexity index is 707. The molecule has 2 heterocycles. The van der Waals surface area contributed by atoms with Crippen molar-refractivity contribution in [3.8, 4) is 5.75 Å². The lowest BCUT2D eigenvalue weighted by Gasteiger charge is -2.66. The van der Waals surface area contributed by atoms with E-state index in [2.05, 4.69) is 79.8 Å². The predicted molar refractivity (Wildman–Crippen MR) is 110 cm³/mol. The molecule has 0 N–H and O–H groups in total. The zero-order chi connectivity index (χ0) is 20.3. The van der Waals surface area contributed by atoms with E-state index in [0.717, 1.165) is 17.7 Å². The standard InChI is InChI=1S/C22H36O4Si/c1-15(2)21-20(6,7)13-14-23-22(21,26-25-21)17-12-10-11-16(19(3,4)5)18(17)24-27(8)9/h10-12,15,27H,13-14H2,1-9H3. The van der Waals surface area contributed by atoms with Gasteiger partial charge in [-0.25, -0.2) is 4.89 Å². The number of benzene rings is 1. The van der Waals surface area contributed by atoms with Gasteiger partial charge in [-0.1, -0.05) is 60.6 Å². The van der Waals surface area contributed by atoms with Crippen LogP contribution in [0.5, 0.6) is 5.75 Å². The minimum Gasteiger partial charge on any atom is -0.546 e. The van der Waals surface area contributed by atoms with Crippen molar-refractivity contribution >= 4 is 9.04 Å². The van der Waals surface area contributed by atoms with Gasteiger partial charge in [-0.15, -0.1) is 0 Å². The molecule has 0 spiro atoms. The molecule has 2 aliphatic heterocycles. The van der Waals surface area contributed by atoms with Gasteiger partial charge in [0, 0.05) is 5.41 Å². The van der Waals surface area contributed by atoms with Crippen LogP contribution in [0.4, 0.5) is 0 Å². The average molecular weight is 393 g/mol. The van der Waals surface area contributed by atoms with Crippen LogP contribution in [0.15, 0.2) is 18.2 Å². The summed E-state index contributed by atoms with van der Waals surface area (Å²) in [7, 11) is -1.34. The van der Waals surface area contributed by atoms with Crippen molar-refractivity contribution in [1.82, 2.24) is 0 Å². The first kappa shape index (κ1) is 20.8. The maximum absolute atomic E-state index is 6.52. The molecular formula is C22H36O4Si. The van der Waals surface area contributed by atoms with E-state index in [1.54, 1.807) is 0 Å². The molecule has 3 rings (SSSR count). The molecule has 2 unspecified atom stereocenters. The number of hydrogen-bond donors (Lipinski definition) is 0. The second kappa shape index (κ2) is 6.58. The summed E-state index contributed by atoms with van der Waals surface area (Å²) in [6, 6.07) is 6.36. The Hall–Kier alpha value is -0.883. The summed E-state index contributed by atoms with van der Waals surface area (Å²) in [4.78, 5) is 11.9. The topological polar surface area (TPSA) is 36.9 Å². The fourth-order valence-corrected chi connectivity index (χ4v) is 5.59. The van der Waals surface area contributed by atoms with Gasteiger partial charge in [0.2, 0.25) is 9.04 Å². The molecule has 0 aliphatic carbocycles. The second-order valence-corrected chi connectivity index (χ2v) is 12.6. The molecular weight excluding hydrogens is 356 g/mol. The fraction of sp³-hybridized carbons (Fsp3) is 0.727. The maximum Gasteiger partial charge on any atom is 0.264 e. The molecule has 5 heteroatoms. The van der Waals surface area contributed by atoms with Crippen LogP contribution >= 0.6 is 0 Å². The van der Waals surface area contributed by atoms with Crippen molar-refractivity contribution in [2.75, 3.05) is 6.61 Å². The van der Waals surface area contributed by atoms with Crippen LogP contribution in [-0.2, 0) is 25.7 Å². The molecule has 0 saturated carbocycles. The molecule has 1 aromatic carbocycles. The van der Waals surface area contributed by atoms with Crippen molar-refractivity contribution in [2.24, 2.45) is 11.3 Å². The van der Waals surface area contributed by atoms with E-state index in [4.69, 9.17) is 18.9 Å². The lowest BCUT2D eigenvalue weighted by Crippen LogP contribution is -2.76. The minimum absolute atomic E-state index is 0.0411. The summed E-state index contributed by atoms with van der Waals surface area (Å²) in [5.74, 6) is 0.227. The minimum atomic E-state index is -1.34. The number of para-hydroxylation sites is 1. The highest BCUT2D eigenvalue weighted by atomic mass is 28.3. The van der Waals surface area contributed by atoms with Crippen LogP contribution in [0.3, 0.4) is 0 Å². The van der Waals surface area contributed by atoms with Crippen molar-refractivity contribution in [2.45, 2.75) is 84.8 Å². The highest BCUT2D eigenvalue weighted by Gasteiger charge is 2.76. The molecule has 0 bridgehead atoms. The second-order valence-electron chi connectivity index (χ2n) is 10.3. The summed E-state index contributed by atoms with van der Waals surface area (Å²) in [6.07, 6.45) is 0.935. The van der Waals surface area contributed by atoms with E-state index in [1.807, 2.05) is 0 Å². The van der Waals surface area contributed by atoms with Gasteiger partial charge in [-0.05, 0) is 42.5 Å². The Morgan fingerprint density at radius 2 is 1.78 bits per heavy atom. The van der Waals surface area contributed by atoms with Crippen LogP contribution in [0.2, 0.25) is 13.1 Å². The molecule has 1 aromatic rings. The third-order valence-electron chi connectivity index (χ3n) is 6.16. The average Bonchev–Trinajstić information content (AvgIpc) is 2.48. The molecule has 27 heavy (non-hydrogen) atoms. The van der Waals surface area contributed by atoms with E-state index in [9.17, 15) is 0 Å². The van der Waals surface area contributed by atoms with Crippen molar-refractivity contribution in [3.63, 3.8) is 0 Å². The van der Waals surface area contributed by atoms with Gasteiger partial charge in [0.25, 0.3) is 5.79 Å². The van der Waals surface area contributed by atoms with Gasteiger partial charge in [-0.3, -0.25) is 0 Å². The monoisotopic (exact) mass is 392 g/mol. The van der Waals surface area contributed by atoms with Gasteiger partial charge in [-0.2, -0.15) is 4.89 Å². The van der Waals surface area contributed by atoms with Crippen LogP contribution in [0, 0.1) is 11.3 Å². The van der Waals surface area contributed by atoms with Gasteiger partial charge in [0.1, 0.15) is 5.75 Å². The van der Waals surface area contributed by atoms with Crippen LogP contribution in [0.25, 0.3) is 0 Å². The molecule has 0 radical (unpaired) electrons. The molecule has 2 atom stereocenters. The third-order valence-corrected chi connectivity index (χ3v) is 6.87. The lowest BCUT2D eigenvalue weighted by atomic mass is 9.58. The maximum atomic E-state index is 6.52. The largest absolute Gasteiger partial charge is 0.546 e. The van der Waals surface area contributed by atoms with Crippen LogP contribution in [-0.4, -0.2) is 21.2 Å². The first-order valence-corrected chi connectivity index (χ1v) is 13.0. The van der Waals surface area contributed by atoms with Crippen molar-refractivity contribution < 1.29 is 18.9 Å². The highest BCUT2D eigenvalue weighted by molar-refractivity contribution is 6.49. The first-order valence-electron chi connectivity index (χ1n) is 10.2. The molecule has 2 fully saturated rings. The Morgan fingerprint density at radius 3 is 2.26 bits per heavy atom. The zero-order valence-electron chi connectivity index (χ0n) is 18.4. The number of ether oxygens (including phenoxy) is 1. The molecule has 2 saturated heterocycles. The SMILES string of the molecule is CC(C)C12OOC1(c1cccc(C(C)(C)C)c1O[SiH](C)C)OCCC2(C)C. The normalized spacial score (nSPS) is 30.2. The van der Waals surface area contributed by atoms with E-state index in [1.165, 1.54) is 5.56 Å². The summed E-state index contributed by atoms with van der Waals surface area (Å²) in [5.41, 5.74) is 1.49. The third kappa shape index (κ3) is 2.89. The van der Waals surface area contributed by atoms with Gasteiger partial charge in [0.05, 0.1) is 12.2 Å². The van der Waals surface area contributed by atoms with Crippen LogP contribution < -0.4 is 4.43 Å². The summed E-state index contributed by atoms with van der Waals surface area (Å²) < 4.78 is 12.9. The van der Waals surface area contributed by atoms with E-state index in [-0.39, 0.29) is 16.7 Å². The molecule has 4 nitrogen and oxygen atoms in total. The quantitative estimate of drug-likeness (QED) is 0.514. The van der Waals surface area contributed by atoms with E-state index >= 15 is 0 Å². The molecule has 2 aliphatic rings. The lowest BCUT2D eigenvalue weighted by molar-refractivity contribution is -0.656. The fourth-order valence-electron chi connectivity index (χ4n) is 4.86.